The van der Waals surface area contributed by atoms with Gasteiger partial charge in [-0.2, -0.15) is 9.97 Å². The lowest BCUT2D eigenvalue weighted by molar-refractivity contribution is -0.123. The van der Waals surface area contributed by atoms with E-state index >= 15 is 0 Å². The molecule has 0 spiro atoms. The third kappa shape index (κ3) is 4.15. The van der Waals surface area contributed by atoms with E-state index in [0.29, 0.717) is 41.5 Å². The SMILES string of the molecule is CCc1nc(OCC(=O)NCc2ccccc2C)c2c(-c3ccccc3)noc2n1. The summed E-state index contributed by atoms with van der Waals surface area (Å²) in [6.07, 6.45) is 0.604. The number of aromatic nitrogens is 3. The fourth-order valence-electron chi connectivity index (χ4n) is 3.11. The molecule has 2 aromatic carbocycles. The molecule has 7 heteroatoms. The summed E-state index contributed by atoms with van der Waals surface area (Å²) in [6.45, 7) is 4.23. The number of carbonyl (C=O) groups excluding carboxylic acids is 1. The Balaban J connectivity index is 1.55. The maximum atomic E-state index is 12.4. The highest BCUT2D eigenvalue weighted by atomic mass is 16.5. The first-order chi connectivity index (χ1) is 14.7. The van der Waals surface area contributed by atoms with E-state index in [4.69, 9.17) is 9.26 Å². The maximum absolute atomic E-state index is 12.4. The van der Waals surface area contributed by atoms with Gasteiger partial charge >= 0.3 is 0 Å². The molecule has 0 aliphatic carbocycles. The summed E-state index contributed by atoms with van der Waals surface area (Å²) in [5.74, 6) is 0.623. The van der Waals surface area contributed by atoms with Gasteiger partial charge in [-0.15, -0.1) is 0 Å². The van der Waals surface area contributed by atoms with Crippen molar-refractivity contribution >= 4 is 17.0 Å². The van der Waals surface area contributed by atoms with Crippen LogP contribution in [0.3, 0.4) is 0 Å². The van der Waals surface area contributed by atoms with E-state index < -0.39 is 0 Å². The van der Waals surface area contributed by atoms with Crippen LogP contribution in [0.5, 0.6) is 5.88 Å². The smallest absolute Gasteiger partial charge is 0.265 e. The highest BCUT2D eigenvalue weighted by Gasteiger charge is 2.20. The Morgan fingerprint density at radius 1 is 1.07 bits per heavy atom. The van der Waals surface area contributed by atoms with Gasteiger partial charge in [0.1, 0.15) is 16.9 Å². The molecule has 1 N–H and O–H groups in total. The van der Waals surface area contributed by atoms with Gasteiger partial charge in [0.2, 0.25) is 5.88 Å². The first kappa shape index (κ1) is 19.6. The number of ether oxygens (including phenoxy) is 1. The van der Waals surface area contributed by atoms with Crippen LogP contribution in [0.25, 0.3) is 22.4 Å². The van der Waals surface area contributed by atoms with Crippen molar-refractivity contribution in [3.05, 3.63) is 71.5 Å². The second-order valence-electron chi connectivity index (χ2n) is 6.87. The number of carbonyl (C=O) groups is 1. The van der Waals surface area contributed by atoms with Gasteiger partial charge in [0.05, 0.1) is 0 Å². The van der Waals surface area contributed by atoms with E-state index in [1.54, 1.807) is 0 Å². The zero-order valence-electron chi connectivity index (χ0n) is 16.9. The monoisotopic (exact) mass is 402 g/mol. The van der Waals surface area contributed by atoms with E-state index in [1.165, 1.54) is 0 Å². The molecule has 0 saturated carbocycles. The van der Waals surface area contributed by atoms with Crippen LogP contribution >= 0.6 is 0 Å². The van der Waals surface area contributed by atoms with Crippen molar-refractivity contribution in [1.29, 1.82) is 0 Å². The van der Waals surface area contributed by atoms with E-state index in [0.717, 1.165) is 16.7 Å². The number of fused-ring (bicyclic) bond motifs is 1. The highest BCUT2D eigenvalue weighted by Crippen LogP contribution is 2.33. The van der Waals surface area contributed by atoms with Crippen LogP contribution in [0.2, 0.25) is 0 Å². The molecular formula is C23H22N4O3. The summed E-state index contributed by atoms with van der Waals surface area (Å²) in [5, 5.41) is 7.60. The number of nitrogens with zero attached hydrogens (tertiary/aromatic N) is 3. The van der Waals surface area contributed by atoms with Crippen LogP contribution in [0, 0.1) is 6.92 Å². The Hall–Kier alpha value is -3.74. The molecule has 1 amide bonds. The number of amides is 1. The van der Waals surface area contributed by atoms with Crippen molar-refractivity contribution in [2.45, 2.75) is 26.8 Å². The third-order valence-corrected chi connectivity index (χ3v) is 4.79. The molecule has 152 valence electrons. The van der Waals surface area contributed by atoms with Crippen LogP contribution < -0.4 is 10.1 Å². The number of benzene rings is 2. The molecule has 4 aromatic rings. The fourth-order valence-corrected chi connectivity index (χ4v) is 3.11. The van der Waals surface area contributed by atoms with Gasteiger partial charge in [0, 0.05) is 18.5 Å². The molecule has 0 fully saturated rings. The summed E-state index contributed by atoms with van der Waals surface area (Å²) in [7, 11) is 0. The minimum absolute atomic E-state index is 0.166. The molecule has 0 bridgehead atoms. The summed E-state index contributed by atoms with van der Waals surface area (Å²) in [5.41, 5.74) is 3.98. The molecular weight excluding hydrogens is 380 g/mol. The third-order valence-electron chi connectivity index (χ3n) is 4.79. The van der Waals surface area contributed by atoms with Crippen LogP contribution in [-0.4, -0.2) is 27.6 Å². The maximum Gasteiger partial charge on any atom is 0.265 e. The number of hydrogen-bond donors (Lipinski definition) is 1. The largest absolute Gasteiger partial charge is 0.467 e. The molecule has 4 rings (SSSR count). The van der Waals surface area contributed by atoms with Crippen LogP contribution in [0.15, 0.2) is 59.1 Å². The molecule has 0 saturated heterocycles. The van der Waals surface area contributed by atoms with Crippen molar-refractivity contribution in [1.82, 2.24) is 20.4 Å². The van der Waals surface area contributed by atoms with Crippen molar-refractivity contribution in [2.24, 2.45) is 0 Å². The zero-order chi connectivity index (χ0) is 20.9. The van der Waals surface area contributed by atoms with E-state index in [9.17, 15) is 4.79 Å². The van der Waals surface area contributed by atoms with Crippen molar-refractivity contribution in [3.8, 4) is 17.1 Å². The quantitative estimate of drug-likeness (QED) is 0.505. The Bertz CT molecular complexity index is 1170. The summed E-state index contributed by atoms with van der Waals surface area (Å²) >= 11 is 0. The number of aryl methyl sites for hydroxylation is 2. The summed E-state index contributed by atoms with van der Waals surface area (Å²) < 4.78 is 11.2. The second-order valence-corrected chi connectivity index (χ2v) is 6.87. The van der Waals surface area contributed by atoms with Crippen LogP contribution in [-0.2, 0) is 17.8 Å². The van der Waals surface area contributed by atoms with Crippen molar-refractivity contribution < 1.29 is 14.1 Å². The average Bonchev–Trinajstić information content (AvgIpc) is 3.21. The van der Waals surface area contributed by atoms with Crippen molar-refractivity contribution in [3.63, 3.8) is 0 Å². The molecule has 7 nitrogen and oxygen atoms in total. The Morgan fingerprint density at radius 2 is 1.83 bits per heavy atom. The number of nitrogens with one attached hydrogen (secondary N) is 1. The predicted molar refractivity (Wildman–Crippen MR) is 113 cm³/mol. The standard InChI is InChI=1S/C23H22N4O3/c1-3-18-25-22(29-14-19(28)24-13-17-12-8-7-9-15(17)2)20-21(27-30-23(20)26-18)16-10-5-4-6-11-16/h4-12H,3,13-14H2,1-2H3,(H,24,28). The Labute approximate surface area is 174 Å². The Kier molecular flexibility index (Phi) is 5.70. The lowest BCUT2D eigenvalue weighted by atomic mass is 10.1. The predicted octanol–water partition coefficient (Wildman–Crippen LogP) is 3.85. The molecule has 0 unspecified atom stereocenters. The molecule has 0 atom stereocenters. The van der Waals surface area contributed by atoms with Gasteiger partial charge in [-0.25, -0.2) is 0 Å². The van der Waals surface area contributed by atoms with Crippen molar-refractivity contribution in [2.75, 3.05) is 6.61 Å². The lowest BCUT2D eigenvalue weighted by Gasteiger charge is -2.10. The topological polar surface area (TPSA) is 90.1 Å². The molecule has 0 aliphatic rings. The first-order valence-corrected chi connectivity index (χ1v) is 9.81. The molecule has 0 aliphatic heterocycles. The molecule has 2 heterocycles. The Morgan fingerprint density at radius 3 is 2.60 bits per heavy atom. The van der Waals surface area contributed by atoms with Gasteiger partial charge in [-0.3, -0.25) is 4.79 Å². The number of rotatable bonds is 7. The van der Waals surface area contributed by atoms with Gasteiger partial charge in [-0.05, 0) is 18.1 Å². The highest BCUT2D eigenvalue weighted by molar-refractivity contribution is 5.93. The van der Waals surface area contributed by atoms with Crippen LogP contribution in [0.4, 0.5) is 0 Å². The second kappa shape index (κ2) is 8.73. The van der Waals surface area contributed by atoms with Gasteiger partial charge in [0.15, 0.2) is 6.61 Å². The minimum Gasteiger partial charge on any atom is -0.467 e. The molecule has 2 aromatic heterocycles. The average molecular weight is 402 g/mol. The number of hydrogen-bond acceptors (Lipinski definition) is 6. The zero-order valence-corrected chi connectivity index (χ0v) is 16.9. The fraction of sp³-hybridized carbons (Fsp3) is 0.217. The first-order valence-electron chi connectivity index (χ1n) is 9.81. The van der Waals surface area contributed by atoms with E-state index in [1.807, 2.05) is 68.4 Å². The normalized spacial score (nSPS) is 10.9. The van der Waals surface area contributed by atoms with Gasteiger partial charge in [0.25, 0.3) is 11.6 Å². The molecule has 0 radical (unpaired) electrons. The lowest BCUT2D eigenvalue weighted by Crippen LogP contribution is -2.28. The van der Waals surface area contributed by atoms with E-state index in [-0.39, 0.29) is 12.5 Å². The summed E-state index contributed by atoms with van der Waals surface area (Å²) in [6, 6.07) is 17.5. The summed E-state index contributed by atoms with van der Waals surface area (Å²) in [4.78, 5) is 21.2. The van der Waals surface area contributed by atoms with E-state index in [2.05, 4.69) is 20.4 Å². The van der Waals surface area contributed by atoms with Gasteiger partial charge in [-0.1, -0.05) is 66.7 Å². The van der Waals surface area contributed by atoms with Gasteiger partial charge < -0.3 is 14.6 Å². The minimum atomic E-state index is -0.235. The van der Waals surface area contributed by atoms with Crippen LogP contribution in [0.1, 0.15) is 23.9 Å². The molecule has 30 heavy (non-hydrogen) atoms.